The van der Waals surface area contributed by atoms with Crippen molar-refractivity contribution in [2.75, 3.05) is 0 Å². The average molecular weight is 219 g/mol. The zero-order valence-corrected chi connectivity index (χ0v) is 11.5. The Labute approximate surface area is 100 Å². The molecule has 0 amide bonds. The first-order chi connectivity index (χ1) is 7.18. The largest absolute Gasteiger partial charge is 0.326 e. The highest BCUT2D eigenvalue weighted by Crippen LogP contribution is 2.35. The van der Waals surface area contributed by atoms with Crippen LogP contribution >= 0.6 is 0 Å². The maximum Gasteiger partial charge on any atom is 0.0181 e. The standard InChI is InChI=1S/C15H25N/c1-14(2,3)12-9-7-8-11(10-16)13(12)15(4,5)6/h7-9H,10,16H2,1-6H3. The predicted molar refractivity (Wildman–Crippen MR) is 71.7 cm³/mol. The van der Waals surface area contributed by atoms with Crippen LogP contribution in [0.5, 0.6) is 0 Å². The van der Waals surface area contributed by atoms with Crippen LogP contribution in [-0.4, -0.2) is 0 Å². The molecule has 0 bridgehead atoms. The van der Waals surface area contributed by atoms with E-state index in [4.69, 9.17) is 5.73 Å². The third kappa shape index (κ3) is 2.65. The van der Waals surface area contributed by atoms with Crippen LogP contribution in [0.3, 0.4) is 0 Å². The number of benzene rings is 1. The van der Waals surface area contributed by atoms with E-state index in [-0.39, 0.29) is 10.8 Å². The van der Waals surface area contributed by atoms with Crippen LogP contribution < -0.4 is 5.73 Å². The summed E-state index contributed by atoms with van der Waals surface area (Å²) in [5, 5.41) is 0. The summed E-state index contributed by atoms with van der Waals surface area (Å²) in [7, 11) is 0. The third-order valence-corrected chi connectivity index (χ3v) is 2.93. The summed E-state index contributed by atoms with van der Waals surface area (Å²) in [5.74, 6) is 0. The minimum Gasteiger partial charge on any atom is -0.326 e. The van der Waals surface area contributed by atoms with E-state index in [0.717, 1.165) is 0 Å². The Bertz CT molecular complexity index is 364. The predicted octanol–water partition coefficient (Wildman–Crippen LogP) is 3.74. The van der Waals surface area contributed by atoms with Crippen LogP contribution in [0.25, 0.3) is 0 Å². The number of hydrogen-bond acceptors (Lipinski definition) is 1. The molecule has 1 heteroatoms. The molecule has 0 aliphatic rings. The van der Waals surface area contributed by atoms with Crippen molar-refractivity contribution in [1.29, 1.82) is 0 Å². The molecule has 0 radical (unpaired) electrons. The van der Waals surface area contributed by atoms with Gasteiger partial charge in [0.05, 0.1) is 0 Å². The van der Waals surface area contributed by atoms with Crippen LogP contribution in [0.1, 0.15) is 58.2 Å². The van der Waals surface area contributed by atoms with Gasteiger partial charge in [-0.05, 0) is 27.5 Å². The van der Waals surface area contributed by atoms with E-state index in [9.17, 15) is 0 Å². The van der Waals surface area contributed by atoms with Gasteiger partial charge in [0.1, 0.15) is 0 Å². The smallest absolute Gasteiger partial charge is 0.0181 e. The highest BCUT2D eigenvalue weighted by molar-refractivity contribution is 5.43. The van der Waals surface area contributed by atoms with E-state index < -0.39 is 0 Å². The van der Waals surface area contributed by atoms with Gasteiger partial charge in [-0.3, -0.25) is 0 Å². The fraction of sp³-hybridized carbons (Fsp3) is 0.600. The van der Waals surface area contributed by atoms with E-state index in [1.807, 2.05) is 0 Å². The first-order valence-corrected chi connectivity index (χ1v) is 6.01. The van der Waals surface area contributed by atoms with Gasteiger partial charge in [-0.25, -0.2) is 0 Å². The lowest BCUT2D eigenvalue weighted by Gasteiger charge is -2.32. The minimum atomic E-state index is 0.151. The summed E-state index contributed by atoms with van der Waals surface area (Å²) in [6, 6.07) is 6.51. The van der Waals surface area contributed by atoms with Gasteiger partial charge in [0.15, 0.2) is 0 Å². The molecule has 1 rings (SSSR count). The molecule has 1 nitrogen and oxygen atoms in total. The highest BCUT2D eigenvalue weighted by atomic mass is 14.5. The monoisotopic (exact) mass is 219 g/mol. The summed E-state index contributed by atoms with van der Waals surface area (Å²) < 4.78 is 0. The van der Waals surface area contributed by atoms with Crippen molar-refractivity contribution in [3.8, 4) is 0 Å². The van der Waals surface area contributed by atoms with Gasteiger partial charge in [0.2, 0.25) is 0 Å². The van der Waals surface area contributed by atoms with Crippen molar-refractivity contribution in [1.82, 2.24) is 0 Å². The van der Waals surface area contributed by atoms with Crippen molar-refractivity contribution >= 4 is 0 Å². The molecule has 1 aromatic rings. The number of nitrogens with two attached hydrogens (primary N) is 1. The molecular formula is C15H25N. The lowest BCUT2D eigenvalue weighted by atomic mass is 9.73. The molecule has 0 saturated heterocycles. The lowest BCUT2D eigenvalue weighted by Crippen LogP contribution is -2.24. The van der Waals surface area contributed by atoms with E-state index in [1.165, 1.54) is 16.7 Å². The second-order valence-corrected chi connectivity index (χ2v) is 6.54. The SMILES string of the molecule is CC(C)(C)c1cccc(CN)c1C(C)(C)C. The Morgan fingerprint density at radius 2 is 1.50 bits per heavy atom. The van der Waals surface area contributed by atoms with Crippen molar-refractivity contribution < 1.29 is 0 Å². The summed E-state index contributed by atoms with van der Waals surface area (Å²) in [4.78, 5) is 0. The average Bonchev–Trinajstić information content (AvgIpc) is 2.13. The Kier molecular flexibility index (Phi) is 3.49. The van der Waals surface area contributed by atoms with E-state index >= 15 is 0 Å². The highest BCUT2D eigenvalue weighted by Gasteiger charge is 2.26. The maximum atomic E-state index is 5.86. The van der Waals surface area contributed by atoms with Gasteiger partial charge in [-0.2, -0.15) is 0 Å². The van der Waals surface area contributed by atoms with Crippen LogP contribution in [0.4, 0.5) is 0 Å². The molecule has 0 aromatic heterocycles. The molecule has 16 heavy (non-hydrogen) atoms. The fourth-order valence-electron chi connectivity index (χ4n) is 2.28. The van der Waals surface area contributed by atoms with Crippen LogP contribution in [0.2, 0.25) is 0 Å². The normalized spacial score (nSPS) is 12.9. The zero-order chi connectivity index (χ0) is 12.6. The van der Waals surface area contributed by atoms with E-state index in [2.05, 4.69) is 59.7 Å². The van der Waals surface area contributed by atoms with Crippen LogP contribution in [0.15, 0.2) is 18.2 Å². The molecular weight excluding hydrogens is 194 g/mol. The van der Waals surface area contributed by atoms with Gasteiger partial charge in [-0.15, -0.1) is 0 Å². The summed E-state index contributed by atoms with van der Waals surface area (Å²) in [6.45, 7) is 14.2. The van der Waals surface area contributed by atoms with Crippen molar-refractivity contribution in [3.05, 3.63) is 34.9 Å². The molecule has 0 aliphatic heterocycles. The van der Waals surface area contributed by atoms with Crippen LogP contribution in [-0.2, 0) is 17.4 Å². The molecule has 0 saturated carbocycles. The lowest BCUT2D eigenvalue weighted by molar-refractivity contribution is 0.525. The minimum absolute atomic E-state index is 0.151. The van der Waals surface area contributed by atoms with Gasteiger partial charge in [0, 0.05) is 6.54 Å². The van der Waals surface area contributed by atoms with E-state index in [0.29, 0.717) is 6.54 Å². The molecule has 90 valence electrons. The number of rotatable bonds is 1. The first-order valence-electron chi connectivity index (χ1n) is 6.01. The Morgan fingerprint density at radius 3 is 1.88 bits per heavy atom. The Hall–Kier alpha value is -0.820. The van der Waals surface area contributed by atoms with Gasteiger partial charge in [-0.1, -0.05) is 59.7 Å². The third-order valence-electron chi connectivity index (χ3n) is 2.93. The van der Waals surface area contributed by atoms with E-state index in [1.54, 1.807) is 0 Å². The maximum absolute atomic E-state index is 5.86. The summed E-state index contributed by atoms with van der Waals surface area (Å²) in [5.41, 5.74) is 10.3. The summed E-state index contributed by atoms with van der Waals surface area (Å²) in [6.07, 6.45) is 0. The number of hydrogen-bond donors (Lipinski definition) is 1. The van der Waals surface area contributed by atoms with Gasteiger partial charge < -0.3 is 5.73 Å². The Morgan fingerprint density at radius 1 is 0.938 bits per heavy atom. The molecule has 0 atom stereocenters. The zero-order valence-electron chi connectivity index (χ0n) is 11.5. The van der Waals surface area contributed by atoms with Crippen molar-refractivity contribution in [2.45, 2.75) is 58.9 Å². The van der Waals surface area contributed by atoms with Crippen molar-refractivity contribution in [3.63, 3.8) is 0 Å². The molecule has 0 aliphatic carbocycles. The van der Waals surface area contributed by atoms with Crippen molar-refractivity contribution in [2.24, 2.45) is 5.73 Å². The topological polar surface area (TPSA) is 26.0 Å². The quantitative estimate of drug-likeness (QED) is 0.765. The first kappa shape index (κ1) is 13.2. The van der Waals surface area contributed by atoms with Crippen LogP contribution in [0, 0.1) is 0 Å². The van der Waals surface area contributed by atoms with Gasteiger partial charge in [0.25, 0.3) is 0 Å². The molecule has 0 fully saturated rings. The molecule has 0 unspecified atom stereocenters. The Balaban J connectivity index is 3.51. The molecule has 2 N–H and O–H groups in total. The van der Waals surface area contributed by atoms with Gasteiger partial charge >= 0.3 is 0 Å². The fourth-order valence-corrected chi connectivity index (χ4v) is 2.28. The molecule has 1 aromatic carbocycles. The summed E-state index contributed by atoms with van der Waals surface area (Å²) >= 11 is 0. The molecule has 0 spiro atoms. The second kappa shape index (κ2) is 4.21. The second-order valence-electron chi connectivity index (χ2n) is 6.54. The molecule has 0 heterocycles.